The van der Waals surface area contributed by atoms with Gasteiger partial charge in [-0.2, -0.15) is 0 Å². The molecular formula is C11H15BrN2O. The van der Waals surface area contributed by atoms with Crippen LogP contribution in [-0.2, 0) is 0 Å². The monoisotopic (exact) mass is 270 g/mol. The summed E-state index contributed by atoms with van der Waals surface area (Å²) < 4.78 is 0.927. The molecule has 2 heterocycles. The van der Waals surface area contributed by atoms with Crippen molar-refractivity contribution in [1.82, 2.24) is 9.88 Å². The van der Waals surface area contributed by atoms with Crippen LogP contribution < -0.4 is 0 Å². The third kappa shape index (κ3) is 2.43. The molecule has 0 aromatic carbocycles. The van der Waals surface area contributed by atoms with E-state index in [1.54, 1.807) is 6.20 Å². The topological polar surface area (TPSA) is 36.1 Å². The van der Waals surface area contributed by atoms with E-state index >= 15 is 0 Å². The third-order valence-corrected chi connectivity index (χ3v) is 3.28. The van der Waals surface area contributed by atoms with E-state index in [1.807, 2.05) is 11.0 Å². The van der Waals surface area contributed by atoms with Gasteiger partial charge in [-0.15, -0.1) is 0 Å². The van der Waals surface area contributed by atoms with E-state index in [2.05, 4.69) is 27.8 Å². The molecule has 1 unspecified atom stereocenters. The highest BCUT2D eigenvalue weighted by Crippen LogP contribution is 2.18. The number of piperidine rings is 1. The van der Waals surface area contributed by atoms with Gasteiger partial charge in [-0.05, 0) is 40.8 Å². The largest absolute Gasteiger partial charge is 0.356 e. The van der Waals surface area contributed by atoms with E-state index < -0.39 is 0 Å². The lowest BCUT2D eigenvalue weighted by Crippen LogP contribution is -2.39. The number of hydrogen-bond acceptors (Lipinski definition) is 1. The molecule has 1 saturated heterocycles. The first-order valence-corrected chi connectivity index (χ1v) is 6.09. The maximum Gasteiger partial charge on any atom is 0.270 e. The molecule has 82 valence electrons. The zero-order valence-electron chi connectivity index (χ0n) is 8.79. The fourth-order valence-electron chi connectivity index (χ4n) is 2.04. The highest BCUT2D eigenvalue weighted by Gasteiger charge is 2.22. The number of halogens is 1. The highest BCUT2D eigenvalue weighted by atomic mass is 79.9. The van der Waals surface area contributed by atoms with Crippen LogP contribution in [0, 0.1) is 5.92 Å². The summed E-state index contributed by atoms with van der Waals surface area (Å²) in [5.41, 5.74) is 0.677. The zero-order chi connectivity index (χ0) is 10.8. The van der Waals surface area contributed by atoms with Crippen molar-refractivity contribution < 1.29 is 4.79 Å². The molecule has 0 bridgehead atoms. The van der Waals surface area contributed by atoms with Crippen LogP contribution in [-0.4, -0.2) is 28.9 Å². The summed E-state index contributed by atoms with van der Waals surface area (Å²) in [5, 5.41) is 0. The minimum Gasteiger partial charge on any atom is -0.356 e. The number of rotatable bonds is 1. The lowest BCUT2D eigenvalue weighted by atomic mass is 10.0. The molecule has 1 N–H and O–H groups in total. The molecule has 1 aromatic heterocycles. The number of aromatic nitrogens is 1. The predicted molar refractivity (Wildman–Crippen MR) is 62.8 cm³/mol. The molecule has 0 radical (unpaired) electrons. The Morgan fingerprint density at radius 3 is 3.07 bits per heavy atom. The number of likely N-dealkylation sites (tertiary alicyclic amines) is 1. The van der Waals surface area contributed by atoms with E-state index in [4.69, 9.17) is 0 Å². The Balaban J connectivity index is 2.07. The van der Waals surface area contributed by atoms with Crippen molar-refractivity contribution in [3.05, 3.63) is 22.4 Å². The van der Waals surface area contributed by atoms with Gasteiger partial charge < -0.3 is 9.88 Å². The number of H-pyrrole nitrogens is 1. The normalized spacial score (nSPS) is 21.7. The minimum absolute atomic E-state index is 0.118. The molecular weight excluding hydrogens is 256 g/mol. The smallest absolute Gasteiger partial charge is 0.270 e. The average molecular weight is 271 g/mol. The first kappa shape index (κ1) is 10.7. The number of aromatic amines is 1. The number of carbonyl (C=O) groups excluding carboxylic acids is 1. The number of amides is 1. The number of nitrogens with one attached hydrogen (secondary N) is 1. The van der Waals surface area contributed by atoms with Crippen LogP contribution in [0.5, 0.6) is 0 Å². The number of carbonyl (C=O) groups is 1. The van der Waals surface area contributed by atoms with Crippen molar-refractivity contribution in [3.63, 3.8) is 0 Å². The zero-order valence-corrected chi connectivity index (χ0v) is 10.4. The summed E-state index contributed by atoms with van der Waals surface area (Å²) in [7, 11) is 0. The summed E-state index contributed by atoms with van der Waals surface area (Å²) in [5.74, 6) is 0.744. The molecule has 3 nitrogen and oxygen atoms in total. The molecule has 0 spiro atoms. The van der Waals surface area contributed by atoms with Gasteiger partial charge >= 0.3 is 0 Å². The Kier molecular flexibility index (Phi) is 3.14. The first-order chi connectivity index (χ1) is 7.16. The summed E-state index contributed by atoms with van der Waals surface area (Å²) in [6.07, 6.45) is 4.15. The standard InChI is InChI=1S/C11H15BrN2O/c1-8-3-2-4-14(7-8)11(15)10-5-9(12)6-13-10/h5-6,8,13H,2-4,7H2,1H3. The highest BCUT2D eigenvalue weighted by molar-refractivity contribution is 9.10. The van der Waals surface area contributed by atoms with E-state index in [1.165, 1.54) is 6.42 Å². The predicted octanol–water partition coefficient (Wildman–Crippen LogP) is 2.65. The van der Waals surface area contributed by atoms with Crippen LogP contribution in [0.25, 0.3) is 0 Å². The van der Waals surface area contributed by atoms with E-state index in [0.717, 1.165) is 24.0 Å². The Bertz CT molecular complexity index is 361. The SMILES string of the molecule is CC1CCCN(C(=O)c2cc(Br)c[nH]2)C1. The van der Waals surface area contributed by atoms with Crippen molar-refractivity contribution in [2.75, 3.05) is 13.1 Å². The Hall–Kier alpha value is -0.770. The molecule has 1 atom stereocenters. The minimum atomic E-state index is 0.118. The molecule has 1 aliphatic rings. The third-order valence-electron chi connectivity index (χ3n) is 2.82. The maximum atomic E-state index is 12.0. The fraction of sp³-hybridized carbons (Fsp3) is 0.545. The Morgan fingerprint density at radius 2 is 2.47 bits per heavy atom. The van der Waals surface area contributed by atoms with Crippen molar-refractivity contribution in [2.45, 2.75) is 19.8 Å². The fourth-order valence-corrected chi connectivity index (χ4v) is 2.38. The van der Waals surface area contributed by atoms with Gasteiger partial charge in [-0.25, -0.2) is 0 Å². The molecule has 2 rings (SSSR count). The van der Waals surface area contributed by atoms with Crippen LogP contribution in [0.2, 0.25) is 0 Å². The Morgan fingerprint density at radius 1 is 1.67 bits per heavy atom. The van der Waals surface area contributed by atoms with Crippen LogP contribution in [0.4, 0.5) is 0 Å². The second-order valence-corrected chi connectivity index (χ2v) is 5.15. The van der Waals surface area contributed by atoms with Gasteiger partial charge in [0.1, 0.15) is 5.69 Å². The molecule has 1 amide bonds. The molecule has 1 aromatic rings. The quantitative estimate of drug-likeness (QED) is 0.837. The van der Waals surface area contributed by atoms with Crippen molar-refractivity contribution in [1.29, 1.82) is 0 Å². The second kappa shape index (κ2) is 4.39. The van der Waals surface area contributed by atoms with Crippen molar-refractivity contribution in [3.8, 4) is 0 Å². The molecule has 0 saturated carbocycles. The van der Waals surface area contributed by atoms with Crippen LogP contribution in [0.3, 0.4) is 0 Å². The average Bonchev–Trinajstić information content (AvgIpc) is 2.64. The lowest BCUT2D eigenvalue weighted by molar-refractivity contribution is 0.0678. The van der Waals surface area contributed by atoms with Gasteiger partial charge in [-0.3, -0.25) is 4.79 Å². The van der Waals surface area contributed by atoms with Crippen LogP contribution in [0.1, 0.15) is 30.3 Å². The molecule has 15 heavy (non-hydrogen) atoms. The molecule has 1 aliphatic heterocycles. The Labute approximate surface area is 98.0 Å². The van der Waals surface area contributed by atoms with Gasteiger partial charge in [0.25, 0.3) is 5.91 Å². The van der Waals surface area contributed by atoms with Gasteiger partial charge in [-0.1, -0.05) is 6.92 Å². The van der Waals surface area contributed by atoms with Crippen molar-refractivity contribution >= 4 is 21.8 Å². The molecule has 4 heteroatoms. The maximum absolute atomic E-state index is 12.0. The second-order valence-electron chi connectivity index (χ2n) is 4.23. The molecule has 0 aliphatic carbocycles. The lowest BCUT2D eigenvalue weighted by Gasteiger charge is -2.30. The van der Waals surface area contributed by atoms with Crippen LogP contribution in [0.15, 0.2) is 16.7 Å². The van der Waals surface area contributed by atoms with Gasteiger partial charge in [0.05, 0.1) is 0 Å². The summed E-state index contributed by atoms with van der Waals surface area (Å²) in [6.45, 7) is 3.97. The number of hydrogen-bond donors (Lipinski definition) is 1. The summed E-state index contributed by atoms with van der Waals surface area (Å²) >= 11 is 3.33. The van der Waals surface area contributed by atoms with Gasteiger partial charge in [0.15, 0.2) is 0 Å². The molecule has 1 fully saturated rings. The van der Waals surface area contributed by atoms with Crippen LogP contribution >= 0.6 is 15.9 Å². The van der Waals surface area contributed by atoms with Gasteiger partial charge in [0.2, 0.25) is 0 Å². The number of nitrogens with zero attached hydrogens (tertiary/aromatic N) is 1. The van der Waals surface area contributed by atoms with Crippen molar-refractivity contribution in [2.24, 2.45) is 5.92 Å². The summed E-state index contributed by atoms with van der Waals surface area (Å²) in [4.78, 5) is 16.9. The summed E-state index contributed by atoms with van der Waals surface area (Å²) in [6, 6.07) is 1.83. The van der Waals surface area contributed by atoms with E-state index in [9.17, 15) is 4.79 Å². The first-order valence-electron chi connectivity index (χ1n) is 5.30. The van der Waals surface area contributed by atoms with Gasteiger partial charge in [0, 0.05) is 23.8 Å². The van der Waals surface area contributed by atoms with E-state index in [-0.39, 0.29) is 5.91 Å². The van der Waals surface area contributed by atoms with E-state index in [0.29, 0.717) is 11.6 Å².